The smallest absolute Gasteiger partial charge is 0.348 e. The van der Waals surface area contributed by atoms with Crippen molar-refractivity contribution in [3.63, 3.8) is 0 Å². The summed E-state index contributed by atoms with van der Waals surface area (Å²) in [5.41, 5.74) is 0.620. The van der Waals surface area contributed by atoms with Crippen molar-refractivity contribution < 1.29 is 24.5 Å². The third kappa shape index (κ3) is 7.54. The molecule has 1 amide bonds. The third-order valence-corrected chi connectivity index (χ3v) is 9.50. The maximum absolute atomic E-state index is 14.3. The number of amides is 1. The number of anilines is 1. The fourth-order valence-corrected chi connectivity index (χ4v) is 7.05. The molecule has 2 saturated carbocycles. The molecule has 2 atom stereocenters. The van der Waals surface area contributed by atoms with Gasteiger partial charge in [-0.05, 0) is 91.0 Å². The van der Waals surface area contributed by atoms with Gasteiger partial charge in [-0.15, -0.1) is 11.3 Å². The molecule has 2 N–H and O–H groups in total. The van der Waals surface area contributed by atoms with E-state index in [-0.39, 0.29) is 40.2 Å². The van der Waals surface area contributed by atoms with Gasteiger partial charge in [-0.1, -0.05) is 43.3 Å². The Hall–Kier alpha value is -2.14. The second kappa shape index (κ2) is 12.2. The first kappa shape index (κ1) is 29.8. The highest BCUT2D eigenvalue weighted by Gasteiger charge is 2.42. The average Bonchev–Trinajstić information content (AvgIpc) is 3.53. The molecule has 0 bridgehead atoms. The monoisotopic (exact) mass is 555 g/mol. The minimum atomic E-state index is -1.04. The van der Waals surface area contributed by atoms with Crippen LogP contribution in [0, 0.1) is 29.1 Å². The number of carboxylic acid groups (broad SMARTS) is 1. The van der Waals surface area contributed by atoms with E-state index in [1.54, 1.807) is 11.0 Å². The highest BCUT2D eigenvalue weighted by molar-refractivity contribution is 7.15. The molecular weight excluding hydrogens is 510 g/mol. The van der Waals surface area contributed by atoms with Gasteiger partial charge in [0.15, 0.2) is 0 Å². The average molecular weight is 556 g/mol. The van der Waals surface area contributed by atoms with Gasteiger partial charge in [-0.25, -0.2) is 4.79 Å². The minimum absolute atomic E-state index is 0.0143. The molecule has 2 fully saturated rings. The van der Waals surface area contributed by atoms with Crippen LogP contribution in [0.3, 0.4) is 0 Å². The lowest BCUT2D eigenvalue weighted by atomic mass is 9.78. The maximum atomic E-state index is 14.3. The van der Waals surface area contributed by atoms with Crippen LogP contribution in [0.1, 0.15) is 113 Å². The number of thiophene rings is 1. The number of ether oxygens (including phenoxy) is 1. The molecule has 0 unspecified atom stereocenters. The first-order chi connectivity index (χ1) is 18.3. The van der Waals surface area contributed by atoms with Gasteiger partial charge in [0.2, 0.25) is 5.91 Å². The summed E-state index contributed by atoms with van der Waals surface area (Å²) in [6.07, 6.45) is 10.7. The lowest BCUT2D eigenvalue weighted by Gasteiger charge is -2.42. The molecule has 0 spiro atoms. The number of carboxylic acids is 1. The van der Waals surface area contributed by atoms with E-state index in [1.807, 2.05) is 20.8 Å². The zero-order chi connectivity index (χ0) is 28.4. The van der Waals surface area contributed by atoms with E-state index >= 15 is 0 Å². The Morgan fingerprint density at radius 3 is 2.44 bits per heavy atom. The highest BCUT2D eigenvalue weighted by Crippen LogP contribution is 2.41. The normalized spacial score (nSPS) is 27.9. The first-order valence-corrected chi connectivity index (χ1v) is 15.4. The second-order valence-corrected chi connectivity index (χ2v) is 14.1. The van der Waals surface area contributed by atoms with Crippen molar-refractivity contribution in [2.45, 2.75) is 117 Å². The van der Waals surface area contributed by atoms with E-state index in [9.17, 15) is 19.8 Å². The van der Waals surface area contributed by atoms with Crippen molar-refractivity contribution in [3.05, 3.63) is 27.5 Å². The summed E-state index contributed by atoms with van der Waals surface area (Å²) < 4.78 is 6.07. The van der Waals surface area contributed by atoms with Crippen molar-refractivity contribution in [2.24, 2.45) is 17.3 Å². The Morgan fingerprint density at radius 1 is 1.18 bits per heavy atom. The van der Waals surface area contributed by atoms with Gasteiger partial charge >= 0.3 is 5.97 Å². The number of carbonyl (C=O) groups is 2. The van der Waals surface area contributed by atoms with Crippen LogP contribution in [-0.2, 0) is 9.53 Å². The Kier molecular flexibility index (Phi) is 9.30. The Morgan fingerprint density at radius 2 is 1.85 bits per heavy atom. The lowest BCUT2D eigenvalue weighted by Crippen LogP contribution is -2.51. The fourth-order valence-electron chi connectivity index (χ4n) is 6.21. The zero-order valence-corrected chi connectivity index (χ0v) is 25.0. The van der Waals surface area contributed by atoms with E-state index in [2.05, 4.69) is 31.8 Å². The SMILES string of the molecule is CC1=CC[C@H](C(=O)N(c2cc(C#CC(C)(C)C)sc2C(=O)O)[C@H]2CC[C@](O)(COC3CCCC3)CC2)[C@@H](C)C1. The molecule has 3 aliphatic rings. The van der Waals surface area contributed by atoms with Crippen LogP contribution in [0.4, 0.5) is 5.69 Å². The molecule has 7 heteroatoms. The zero-order valence-electron chi connectivity index (χ0n) is 24.2. The molecule has 0 aliphatic heterocycles. The molecule has 1 aromatic rings. The van der Waals surface area contributed by atoms with Gasteiger partial charge in [0.1, 0.15) is 4.88 Å². The van der Waals surface area contributed by atoms with Crippen molar-refractivity contribution >= 4 is 28.9 Å². The number of rotatable bonds is 7. The number of hydrogen-bond acceptors (Lipinski definition) is 5. The van der Waals surface area contributed by atoms with Crippen LogP contribution in [0.25, 0.3) is 0 Å². The number of nitrogens with zero attached hydrogens (tertiary/aromatic N) is 1. The first-order valence-electron chi connectivity index (χ1n) is 14.6. The Balaban J connectivity index is 1.62. The topological polar surface area (TPSA) is 87.1 Å². The molecule has 214 valence electrons. The molecule has 1 aromatic heterocycles. The van der Waals surface area contributed by atoms with Crippen LogP contribution >= 0.6 is 11.3 Å². The quantitative estimate of drug-likeness (QED) is 0.285. The molecule has 6 nitrogen and oxygen atoms in total. The van der Waals surface area contributed by atoms with Crippen molar-refractivity contribution in [2.75, 3.05) is 11.5 Å². The van der Waals surface area contributed by atoms with E-state index < -0.39 is 11.6 Å². The van der Waals surface area contributed by atoms with Crippen molar-refractivity contribution in [1.29, 1.82) is 0 Å². The van der Waals surface area contributed by atoms with Crippen molar-refractivity contribution in [1.82, 2.24) is 0 Å². The maximum Gasteiger partial charge on any atom is 0.348 e. The second-order valence-electron chi connectivity index (χ2n) is 13.1. The highest BCUT2D eigenvalue weighted by atomic mass is 32.1. The van der Waals surface area contributed by atoms with Gasteiger partial charge in [-0.2, -0.15) is 0 Å². The molecule has 0 aromatic carbocycles. The van der Waals surface area contributed by atoms with Crippen LogP contribution in [0.5, 0.6) is 0 Å². The van der Waals surface area contributed by atoms with Crippen LogP contribution in [0.15, 0.2) is 17.7 Å². The molecule has 4 rings (SSSR count). The van der Waals surface area contributed by atoms with Crippen molar-refractivity contribution in [3.8, 4) is 11.8 Å². The largest absolute Gasteiger partial charge is 0.477 e. The number of carbonyl (C=O) groups excluding carboxylic acids is 1. The van der Waals surface area contributed by atoms with Crippen LogP contribution in [-0.4, -0.2) is 46.4 Å². The van der Waals surface area contributed by atoms with Gasteiger partial charge in [0.25, 0.3) is 0 Å². The van der Waals surface area contributed by atoms with Gasteiger partial charge in [-0.3, -0.25) is 4.79 Å². The summed E-state index contributed by atoms with van der Waals surface area (Å²) in [4.78, 5) is 29.2. The van der Waals surface area contributed by atoms with E-state index in [4.69, 9.17) is 4.74 Å². The fraction of sp³-hybridized carbons (Fsp3) is 0.688. The van der Waals surface area contributed by atoms with E-state index in [0.29, 0.717) is 49.3 Å². The predicted molar refractivity (Wildman–Crippen MR) is 156 cm³/mol. The van der Waals surface area contributed by atoms with Crippen LogP contribution < -0.4 is 4.90 Å². The Labute approximate surface area is 237 Å². The van der Waals surface area contributed by atoms with E-state index in [0.717, 1.165) is 30.6 Å². The lowest BCUT2D eigenvalue weighted by molar-refractivity contribution is -0.125. The number of aromatic carboxylic acids is 1. The summed E-state index contributed by atoms with van der Waals surface area (Å²) in [5.74, 6) is 5.27. The molecule has 0 radical (unpaired) electrons. The molecule has 1 heterocycles. The number of aliphatic hydroxyl groups is 1. The summed E-state index contributed by atoms with van der Waals surface area (Å²) in [6.45, 7) is 10.6. The molecule has 3 aliphatic carbocycles. The minimum Gasteiger partial charge on any atom is -0.477 e. The molecular formula is C32H45NO5S. The van der Waals surface area contributed by atoms with Gasteiger partial charge < -0.3 is 19.8 Å². The van der Waals surface area contributed by atoms with Crippen LogP contribution in [0.2, 0.25) is 0 Å². The van der Waals surface area contributed by atoms with Gasteiger partial charge in [0, 0.05) is 17.4 Å². The standard InChI is InChI=1S/C32H45NO5S/c1-21-10-11-26(22(2)18-21)29(34)33(27-19-25(14-15-31(3,4)5)39-28(27)30(35)36)23-12-16-32(37,17-13-23)20-38-24-8-6-7-9-24/h10,19,22-24,26,37H,6-9,11-13,16-18,20H2,1-5H3,(H,35,36)/t22-,23-,26-,32+/m0/s1. The third-order valence-electron chi connectivity index (χ3n) is 8.47. The summed E-state index contributed by atoms with van der Waals surface area (Å²) in [5, 5.41) is 21.5. The molecule has 0 saturated heterocycles. The number of allylic oxidation sites excluding steroid dienone is 2. The summed E-state index contributed by atoms with van der Waals surface area (Å²) in [6, 6.07) is 1.61. The summed E-state index contributed by atoms with van der Waals surface area (Å²) in [7, 11) is 0. The predicted octanol–water partition coefficient (Wildman–Crippen LogP) is 6.80. The Bertz CT molecular complexity index is 1140. The summed E-state index contributed by atoms with van der Waals surface area (Å²) >= 11 is 1.14. The number of hydrogen-bond donors (Lipinski definition) is 2. The molecule has 39 heavy (non-hydrogen) atoms. The van der Waals surface area contributed by atoms with E-state index in [1.165, 1.54) is 18.4 Å². The van der Waals surface area contributed by atoms with Gasteiger partial charge in [0.05, 0.1) is 28.9 Å².